The van der Waals surface area contributed by atoms with Crippen molar-refractivity contribution in [2.45, 2.75) is 27.2 Å². The van der Waals surface area contributed by atoms with Gasteiger partial charge in [0.25, 0.3) is 0 Å². The minimum Gasteiger partial charge on any atom is -0.300 e. The van der Waals surface area contributed by atoms with Crippen molar-refractivity contribution in [3.8, 4) is 0 Å². The molecule has 0 aromatic rings. The summed E-state index contributed by atoms with van der Waals surface area (Å²) in [6, 6.07) is 0. The van der Waals surface area contributed by atoms with Gasteiger partial charge in [0.15, 0.2) is 0 Å². The van der Waals surface area contributed by atoms with E-state index in [1.807, 2.05) is 6.92 Å². The lowest BCUT2D eigenvalue weighted by molar-refractivity contribution is -0.122. The first-order valence-corrected chi connectivity index (χ1v) is 3.43. The minimum atomic E-state index is -0.169. The molecule has 57 valence electrons. The van der Waals surface area contributed by atoms with Crippen LogP contribution in [0.4, 0.5) is 0 Å². The van der Waals surface area contributed by atoms with E-state index in [-0.39, 0.29) is 17.5 Å². The second kappa shape index (κ2) is 4.20. The van der Waals surface area contributed by atoms with Crippen molar-refractivity contribution in [2.24, 2.45) is 5.92 Å². The van der Waals surface area contributed by atoms with Crippen LogP contribution in [0.5, 0.6) is 0 Å². The monoisotopic (exact) mass is 141 g/mol. The number of Topliss-reactive ketones (excluding diaryl/α,β-unsaturated/α-hetero) is 2. The van der Waals surface area contributed by atoms with Crippen molar-refractivity contribution in [2.75, 3.05) is 0 Å². The highest BCUT2D eigenvalue weighted by Gasteiger charge is 2.13. The quantitative estimate of drug-likeness (QED) is 0.593. The average Bonchev–Trinajstić information content (AvgIpc) is 1.81. The van der Waals surface area contributed by atoms with Gasteiger partial charge in [0, 0.05) is 12.3 Å². The Labute approximate surface area is 61.6 Å². The predicted octanol–water partition coefficient (Wildman–Crippen LogP) is 1.39. The maximum absolute atomic E-state index is 10.7. The lowest BCUT2D eigenvalue weighted by atomic mass is 9.96. The molecule has 0 aliphatic carbocycles. The van der Waals surface area contributed by atoms with Gasteiger partial charge in [-0.05, 0) is 20.3 Å². The van der Waals surface area contributed by atoms with E-state index in [9.17, 15) is 9.59 Å². The third-order valence-electron chi connectivity index (χ3n) is 1.40. The second-order valence-electron chi connectivity index (χ2n) is 2.40. The summed E-state index contributed by atoms with van der Waals surface area (Å²) >= 11 is 0. The second-order valence-corrected chi connectivity index (χ2v) is 2.40. The fourth-order valence-corrected chi connectivity index (χ4v) is 0.806. The fourth-order valence-electron chi connectivity index (χ4n) is 0.806. The minimum absolute atomic E-state index is 0.0259. The van der Waals surface area contributed by atoms with Crippen LogP contribution in [0.2, 0.25) is 0 Å². The largest absolute Gasteiger partial charge is 0.300 e. The molecule has 0 heterocycles. The average molecular weight is 141 g/mol. The summed E-state index contributed by atoms with van der Waals surface area (Å²) in [6.45, 7) is 4.87. The van der Waals surface area contributed by atoms with Gasteiger partial charge in [0.2, 0.25) is 0 Å². The first-order chi connectivity index (χ1) is 4.57. The Morgan fingerprint density at radius 1 is 1.40 bits per heavy atom. The number of hydrogen-bond donors (Lipinski definition) is 0. The highest BCUT2D eigenvalue weighted by atomic mass is 16.1. The zero-order chi connectivity index (χ0) is 8.15. The normalized spacial score (nSPS) is 12.7. The summed E-state index contributed by atoms with van der Waals surface area (Å²) in [7, 11) is 0. The molecule has 1 radical (unpaired) electrons. The van der Waals surface area contributed by atoms with Crippen molar-refractivity contribution in [1.82, 2.24) is 0 Å². The lowest BCUT2D eigenvalue weighted by Gasteiger charge is -2.06. The summed E-state index contributed by atoms with van der Waals surface area (Å²) in [5.41, 5.74) is 0. The van der Waals surface area contributed by atoms with E-state index in [4.69, 9.17) is 0 Å². The van der Waals surface area contributed by atoms with E-state index in [1.54, 1.807) is 0 Å². The topological polar surface area (TPSA) is 34.1 Å². The van der Waals surface area contributed by atoms with E-state index >= 15 is 0 Å². The molecule has 1 atom stereocenters. The molecule has 0 N–H and O–H groups in total. The summed E-state index contributed by atoms with van der Waals surface area (Å²) < 4.78 is 0. The van der Waals surface area contributed by atoms with Crippen LogP contribution in [0.15, 0.2) is 0 Å². The summed E-state index contributed by atoms with van der Waals surface area (Å²) in [6.07, 6.45) is 2.19. The molecule has 0 saturated heterocycles. The van der Waals surface area contributed by atoms with Crippen LogP contribution in [-0.2, 0) is 9.59 Å². The van der Waals surface area contributed by atoms with Crippen molar-refractivity contribution < 1.29 is 9.59 Å². The molecule has 0 bridgehead atoms. The molecular weight excluding hydrogens is 128 g/mol. The molecule has 1 unspecified atom stereocenters. The highest BCUT2D eigenvalue weighted by Crippen LogP contribution is 2.07. The van der Waals surface area contributed by atoms with Crippen molar-refractivity contribution in [3.05, 3.63) is 6.42 Å². The first kappa shape index (κ1) is 9.34. The predicted molar refractivity (Wildman–Crippen MR) is 39.4 cm³/mol. The molecule has 0 aromatic carbocycles. The smallest absolute Gasteiger partial charge is 0.134 e. The van der Waals surface area contributed by atoms with E-state index in [0.29, 0.717) is 0 Å². The zero-order valence-electron chi connectivity index (χ0n) is 6.68. The van der Waals surface area contributed by atoms with Crippen LogP contribution in [0.1, 0.15) is 27.2 Å². The number of carbonyl (C=O) groups is 2. The fraction of sp³-hybridized carbons (Fsp3) is 0.625. The van der Waals surface area contributed by atoms with Crippen LogP contribution in [-0.4, -0.2) is 11.6 Å². The molecule has 0 aromatic heterocycles. The van der Waals surface area contributed by atoms with Crippen LogP contribution in [0.3, 0.4) is 0 Å². The van der Waals surface area contributed by atoms with Crippen molar-refractivity contribution >= 4 is 11.6 Å². The van der Waals surface area contributed by atoms with Crippen LogP contribution >= 0.6 is 0 Å². The Balaban J connectivity index is 3.83. The molecule has 10 heavy (non-hydrogen) atoms. The zero-order valence-corrected chi connectivity index (χ0v) is 6.68. The van der Waals surface area contributed by atoms with Gasteiger partial charge in [0.1, 0.15) is 11.6 Å². The molecule has 0 fully saturated rings. The van der Waals surface area contributed by atoms with Gasteiger partial charge in [-0.15, -0.1) is 0 Å². The number of hydrogen-bond acceptors (Lipinski definition) is 2. The van der Waals surface area contributed by atoms with Crippen LogP contribution < -0.4 is 0 Å². The van der Waals surface area contributed by atoms with E-state index in [1.165, 1.54) is 20.3 Å². The summed E-state index contributed by atoms with van der Waals surface area (Å²) in [5.74, 6) is -0.128. The van der Waals surface area contributed by atoms with Gasteiger partial charge in [0.05, 0.1) is 0 Å². The molecule has 0 aliphatic heterocycles. The van der Waals surface area contributed by atoms with Gasteiger partial charge >= 0.3 is 0 Å². The van der Waals surface area contributed by atoms with Crippen LogP contribution in [0.25, 0.3) is 0 Å². The number of ketones is 2. The van der Waals surface area contributed by atoms with E-state index in [2.05, 4.69) is 0 Å². The SMILES string of the molecule is CCC([CH]C(C)=O)C(C)=O. The van der Waals surface area contributed by atoms with Gasteiger partial charge in [-0.1, -0.05) is 6.92 Å². The van der Waals surface area contributed by atoms with Crippen LogP contribution in [0, 0.1) is 12.3 Å². The van der Waals surface area contributed by atoms with Gasteiger partial charge in [-0.3, -0.25) is 9.59 Å². The Morgan fingerprint density at radius 3 is 2.00 bits per heavy atom. The molecule has 2 heteroatoms. The summed E-state index contributed by atoms with van der Waals surface area (Å²) in [4.78, 5) is 21.2. The van der Waals surface area contributed by atoms with Gasteiger partial charge in [-0.25, -0.2) is 0 Å². The maximum atomic E-state index is 10.7. The number of carbonyl (C=O) groups excluding carboxylic acids is 2. The standard InChI is InChI=1S/C8H13O2/c1-4-8(7(3)10)5-6(2)9/h5,8H,4H2,1-3H3. The Morgan fingerprint density at radius 2 is 1.90 bits per heavy atom. The number of rotatable bonds is 4. The van der Waals surface area contributed by atoms with Gasteiger partial charge in [-0.2, -0.15) is 0 Å². The van der Waals surface area contributed by atoms with Gasteiger partial charge < -0.3 is 0 Å². The highest BCUT2D eigenvalue weighted by molar-refractivity contribution is 5.92. The Bertz CT molecular complexity index is 138. The molecular formula is C8H13O2. The summed E-state index contributed by atoms with van der Waals surface area (Å²) in [5, 5.41) is 0. The Hall–Kier alpha value is -0.660. The van der Waals surface area contributed by atoms with E-state index in [0.717, 1.165) is 6.42 Å². The van der Waals surface area contributed by atoms with Crippen molar-refractivity contribution in [1.29, 1.82) is 0 Å². The third-order valence-corrected chi connectivity index (χ3v) is 1.40. The van der Waals surface area contributed by atoms with E-state index < -0.39 is 0 Å². The molecule has 0 spiro atoms. The molecule has 2 nitrogen and oxygen atoms in total. The van der Waals surface area contributed by atoms with Crippen molar-refractivity contribution in [3.63, 3.8) is 0 Å². The lowest BCUT2D eigenvalue weighted by Crippen LogP contribution is -2.13. The molecule has 0 aliphatic rings. The molecule has 0 amide bonds. The molecule has 0 rings (SSSR count). The maximum Gasteiger partial charge on any atom is 0.134 e. The third kappa shape index (κ3) is 3.38. The Kier molecular flexibility index (Phi) is 3.93. The molecule has 0 saturated carbocycles. The first-order valence-electron chi connectivity index (χ1n) is 3.43.